The molecule has 0 saturated carbocycles. The van der Waals surface area contributed by atoms with Crippen LogP contribution >= 0.6 is 0 Å². The monoisotopic (exact) mass is 274 g/mol. The van der Waals surface area contributed by atoms with Gasteiger partial charge in [0.2, 0.25) is 0 Å². The molecule has 20 heavy (non-hydrogen) atoms. The zero-order valence-corrected chi connectivity index (χ0v) is 14.7. The number of hydrogen-bond donors (Lipinski definition) is 0. The van der Waals surface area contributed by atoms with Gasteiger partial charge in [-0.1, -0.05) is 91.7 Å². The van der Waals surface area contributed by atoms with Gasteiger partial charge in [-0.05, 0) is 35.6 Å². The van der Waals surface area contributed by atoms with Crippen molar-refractivity contribution in [1.82, 2.24) is 0 Å². The van der Waals surface area contributed by atoms with Crippen molar-refractivity contribution in [1.29, 1.82) is 0 Å². The van der Waals surface area contributed by atoms with Crippen LogP contribution in [0.3, 0.4) is 0 Å². The molecule has 0 heterocycles. The van der Waals surface area contributed by atoms with Crippen LogP contribution in [-0.2, 0) is 0 Å². The molecule has 0 aromatic heterocycles. The topological polar surface area (TPSA) is 0 Å². The third kappa shape index (κ3) is 7.13. The van der Waals surface area contributed by atoms with Gasteiger partial charge < -0.3 is 0 Å². The van der Waals surface area contributed by atoms with Crippen molar-refractivity contribution in [3.8, 4) is 0 Å². The van der Waals surface area contributed by atoms with Gasteiger partial charge >= 0.3 is 0 Å². The zero-order chi connectivity index (χ0) is 16.6. The van der Waals surface area contributed by atoms with Gasteiger partial charge in [0.05, 0.1) is 0 Å². The molecule has 0 amide bonds. The van der Waals surface area contributed by atoms with Crippen molar-refractivity contribution >= 4 is 0 Å². The van der Waals surface area contributed by atoms with E-state index < -0.39 is 0 Å². The molecule has 0 aliphatic heterocycles. The lowest BCUT2D eigenvalue weighted by atomic mass is 10.1. The minimum Gasteiger partial charge on any atom is -0.0988 e. The van der Waals surface area contributed by atoms with E-state index in [1.807, 2.05) is 72.8 Å². The molecule has 0 atom stereocenters. The third-order valence-electron chi connectivity index (χ3n) is 2.39. The molecular formula is C20H34. The molecule has 0 radical (unpaired) electrons. The standard InChI is InChI=1S/C14H16.3C2H6/c1-5-9-12-10-11(6-2)13(7-3)14(12)8-4;3*1-2/h5-9H,2-4,10H2,1H3;3*1-2H3/b9-5-;;;. The van der Waals surface area contributed by atoms with Crippen molar-refractivity contribution in [2.24, 2.45) is 0 Å². The Bertz CT molecular complexity index is 359. The minimum absolute atomic E-state index is 0.941. The Kier molecular flexibility index (Phi) is 20.5. The average Bonchev–Trinajstić information content (AvgIpc) is 2.90. The fraction of sp³-hybridized carbons (Fsp3) is 0.400. The van der Waals surface area contributed by atoms with Crippen molar-refractivity contribution in [3.05, 3.63) is 72.4 Å². The smallest absolute Gasteiger partial charge is 0.00138 e. The molecule has 0 bridgehead atoms. The SMILES string of the molecule is C=CC1=C(C=C)C(C=C)=C(/C=C\C)C1.CC.CC.CC. The van der Waals surface area contributed by atoms with E-state index in [9.17, 15) is 0 Å². The first-order valence-corrected chi connectivity index (χ1v) is 7.75. The molecule has 0 N–H and O–H groups in total. The van der Waals surface area contributed by atoms with Crippen LogP contribution in [0, 0.1) is 0 Å². The van der Waals surface area contributed by atoms with E-state index in [0.29, 0.717) is 0 Å². The van der Waals surface area contributed by atoms with E-state index in [0.717, 1.165) is 6.42 Å². The highest BCUT2D eigenvalue weighted by atomic mass is 14.2. The van der Waals surface area contributed by atoms with Crippen LogP contribution in [0.2, 0.25) is 0 Å². The maximum Gasteiger partial charge on any atom is -0.00138 e. The van der Waals surface area contributed by atoms with Gasteiger partial charge in [-0.25, -0.2) is 0 Å². The van der Waals surface area contributed by atoms with Crippen molar-refractivity contribution in [2.45, 2.75) is 54.9 Å². The molecule has 0 spiro atoms. The summed E-state index contributed by atoms with van der Waals surface area (Å²) < 4.78 is 0. The molecule has 0 fully saturated rings. The fourth-order valence-electron chi connectivity index (χ4n) is 1.76. The van der Waals surface area contributed by atoms with Gasteiger partial charge in [0.25, 0.3) is 0 Å². The number of allylic oxidation sites excluding steroid dienone is 9. The summed E-state index contributed by atoms with van der Waals surface area (Å²) in [4.78, 5) is 0. The molecule has 0 nitrogen and oxygen atoms in total. The van der Waals surface area contributed by atoms with Crippen LogP contribution in [0.15, 0.2) is 72.4 Å². The Hall–Kier alpha value is -1.56. The predicted octanol–water partition coefficient (Wildman–Crippen LogP) is 7.20. The highest BCUT2D eigenvalue weighted by Crippen LogP contribution is 2.34. The van der Waals surface area contributed by atoms with E-state index in [-0.39, 0.29) is 0 Å². The Morgan fingerprint density at radius 2 is 1.10 bits per heavy atom. The lowest BCUT2D eigenvalue weighted by Gasteiger charge is -1.99. The van der Waals surface area contributed by atoms with Crippen molar-refractivity contribution in [3.63, 3.8) is 0 Å². The second-order valence-electron chi connectivity index (χ2n) is 3.17. The van der Waals surface area contributed by atoms with Crippen molar-refractivity contribution in [2.75, 3.05) is 0 Å². The highest BCUT2D eigenvalue weighted by Gasteiger charge is 2.16. The number of hydrogen-bond acceptors (Lipinski definition) is 0. The summed E-state index contributed by atoms with van der Waals surface area (Å²) in [5.41, 5.74) is 4.89. The maximum atomic E-state index is 3.83. The molecule has 0 aromatic rings. The Balaban J connectivity index is -0.000000425. The van der Waals surface area contributed by atoms with E-state index in [1.165, 1.54) is 22.3 Å². The Labute approximate surface area is 128 Å². The summed E-state index contributed by atoms with van der Waals surface area (Å²) in [6.07, 6.45) is 10.8. The zero-order valence-electron chi connectivity index (χ0n) is 14.7. The lowest BCUT2D eigenvalue weighted by molar-refractivity contribution is 1.24. The second-order valence-corrected chi connectivity index (χ2v) is 3.17. The first-order valence-electron chi connectivity index (χ1n) is 7.75. The second kappa shape index (κ2) is 17.4. The first kappa shape index (κ1) is 23.5. The largest absolute Gasteiger partial charge is 0.0988 e. The van der Waals surface area contributed by atoms with Gasteiger partial charge in [-0.15, -0.1) is 0 Å². The summed E-state index contributed by atoms with van der Waals surface area (Å²) >= 11 is 0. The summed E-state index contributed by atoms with van der Waals surface area (Å²) in [5, 5.41) is 0. The predicted molar refractivity (Wildman–Crippen MR) is 98.1 cm³/mol. The summed E-state index contributed by atoms with van der Waals surface area (Å²) in [5.74, 6) is 0. The molecular weight excluding hydrogens is 240 g/mol. The fourth-order valence-corrected chi connectivity index (χ4v) is 1.76. The lowest BCUT2D eigenvalue weighted by Crippen LogP contribution is -1.80. The van der Waals surface area contributed by atoms with Crippen LogP contribution < -0.4 is 0 Å². The number of rotatable bonds is 4. The summed E-state index contributed by atoms with van der Waals surface area (Å²) in [7, 11) is 0. The molecule has 0 aromatic carbocycles. The summed E-state index contributed by atoms with van der Waals surface area (Å²) in [6.45, 7) is 25.5. The molecule has 0 heteroatoms. The van der Waals surface area contributed by atoms with E-state index in [2.05, 4.69) is 25.8 Å². The van der Waals surface area contributed by atoms with Gasteiger partial charge in [-0.2, -0.15) is 0 Å². The van der Waals surface area contributed by atoms with Crippen LogP contribution in [-0.4, -0.2) is 0 Å². The van der Waals surface area contributed by atoms with Gasteiger partial charge in [0.15, 0.2) is 0 Å². The highest BCUT2D eigenvalue weighted by molar-refractivity contribution is 5.61. The normalized spacial score (nSPS) is 12.6. The quantitative estimate of drug-likeness (QED) is 0.508. The molecule has 0 saturated heterocycles. The van der Waals surface area contributed by atoms with Crippen LogP contribution in [0.1, 0.15) is 54.9 Å². The van der Waals surface area contributed by atoms with Crippen LogP contribution in [0.5, 0.6) is 0 Å². The molecule has 0 unspecified atom stereocenters. The first-order chi connectivity index (χ1) is 9.78. The van der Waals surface area contributed by atoms with E-state index in [4.69, 9.17) is 0 Å². The van der Waals surface area contributed by atoms with Gasteiger partial charge in [0, 0.05) is 0 Å². The van der Waals surface area contributed by atoms with E-state index in [1.54, 1.807) is 0 Å². The molecule has 114 valence electrons. The minimum atomic E-state index is 0.941. The van der Waals surface area contributed by atoms with Crippen LogP contribution in [0.4, 0.5) is 0 Å². The van der Waals surface area contributed by atoms with Gasteiger partial charge in [0.1, 0.15) is 0 Å². The molecule has 1 aliphatic carbocycles. The molecule has 1 rings (SSSR count). The van der Waals surface area contributed by atoms with Crippen molar-refractivity contribution < 1.29 is 0 Å². The Morgan fingerprint density at radius 1 is 0.700 bits per heavy atom. The van der Waals surface area contributed by atoms with Crippen LogP contribution in [0.25, 0.3) is 0 Å². The summed E-state index contributed by atoms with van der Waals surface area (Å²) in [6, 6.07) is 0. The van der Waals surface area contributed by atoms with Gasteiger partial charge in [-0.3, -0.25) is 0 Å². The molecule has 1 aliphatic rings. The van der Waals surface area contributed by atoms with E-state index >= 15 is 0 Å². The maximum absolute atomic E-state index is 3.83. The average molecular weight is 274 g/mol. The Morgan fingerprint density at radius 3 is 1.40 bits per heavy atom. The third-order valence-corrected chi connectivity index (χ3v) is 2.39.